The maximum atomic E-state index is 12.4. The molecule has 1 saturated carbocycles. The molecule has 0 spiro atoms. The van der Waals surface area contributed by atoms with E-state index in [-0.39, 0.29) is 11.8 Å². The average Bonchev–Trinajstić information content (AvgIpc) is 3.05. The summed E-state index contributed by atoms with van der Waals surface area (Å²) in [6.45, 7) is 0. The highest BCUT2D eigenvalue weighted by Gasteiger charge is 2.67. The maximum Gasteiger partial charge on any atom is 0.231 e. The molecule has 0 aromatic heterocycles. The minimum atomic E-state index is -1.11. The number of hydrogen-bond acceptors (Lipinski definition) is 1. The summed E-state index contributed by atoms with van der Waals surface area (Å²) in [6, 6.07) is 14.4. The van der Waals surface area contributed by atoms with Gasteiger partial charge in [0.2, 0.25) is 5.91 Å². The van der Waals surface area contributed by atoms with Crippen LogP contribution in [0.3, 0.4) is 0 Å². The van der Waals surface area contributed by atoms with Gasteiger partial charge in [0.1, 0.15) is 4.33 Å². The van der Waals surface area contributed by atoms with E-state index in [1.807, 2.05) is 30.3 Å². The monoisotopic (exact) mass is 373 g/mol. The van der Waals surface area contributed by atoms with Gasteiger partial charge in [0.15, 0.2) is 0 Å². The minimum Gasteiger partial charge on any atom is -0.324 e. The molecule has 2 nitrogen and oxygen atoms in total. The molecule has 2 aromatic rings. The number of carbonyl (C=O) groups is 1. The Morgan fingerprint density at radius 3 is 2.36 bits per heavy atom. The second-order valence-corrected chi connectivity index (χ2v) is 7.44. The summed E-state index contributed by atoms with van der Waals surface area (Å²) >= 11 is 24.5. The molecule has 22 heavy (non-hydrogen) atoms. The van der Waals surface area contributed by atoms with Crippen LogP contribution in [0.2, 0.25) is 10.0 Å². The summed E-state index contributed by atoms with van der Waals surface area (Å²) in [5, 5.41) is 3.62. The van der Waals surface area contributed by atoms with Crippen molar-refractivity contribution >= 4 is 58.0 Å². The highest BCUT2D eigenvalue weighted by atomic mass is 35.5. The van der Waals surface area contributed by atoms with E-state index in [1.165, 1.54) is 0 Å². The lowest BCUT2D eigenvalue weighted by molar-refractivity contribution is -0.117. The van der Waals surface area contributed by atoms with Crippen LogP contribution in [0.4, 0.5) is 5.69 Å². The van der Waals surface area contributed by atoms with Crippen LogP contribution < -0.4 is 5.32 Å². The van der Waals surface area contributed by atoms with Gasteiger partial charge < -0.3 is 5.32 Å². The Hall–Kier alpha value is -0.930. The molecule has 2 aromatic carbocycles. The van der Waals surface area contributed by atoms with Gasteiger partial charge in [-0.1, -0.05) is 53.5 Å². The minimum absolute atomic E-state index is 0.233. The number of amides is 1. The number of halogens is 4. The lowest BCUT2D eigenvalue weighted by atomic mass is 10.1. The quantitative estimate of drug-likeness (QED) is 0.704. The lowest BCUT2D eigenvalue weighted by Gasteiger charge is -2.07. The first-order valence-electron chi connectivity index (χ1n) is 6.60. The predicted octanol–water partition coefficient (Wildman–Crippen LogP) is 5.52. The fourth-order valence-electron chi connectivity index (χ4n) is 2.53. The van der Waals surface area contributed by atoms with Crippen LogP contribution in [0.5, 0.6) is 0 Å². The first kappa shape index (κ1) is 15.9. The third-order valence-electron chi connectivity index (χ3n) is 3.68. The van der Waals surface area contributed by atoms with Crippen LogP contribution in [0.15, 0.2) is 48.5 Å². The van der Waals surface area contributed by atoms with Crippen LogP contribution in [-0.4, -0.2) is 10.2 Å². The number of anilines is 1. The van der Waals surface area contributed by atoms with Crippen LogP contribution in [0.25, 0.3) is 0 Å². The molecule has 0 radical (unpaired) electrons. The Bertz CT molecular complexity index is 717. The topological polar surface area (TPSA) is 29.1 Å². The van der Waals surface area contributed by atoms with Crippen molar-refractivity contribution in [3.8, 4) is 0 Å². The van der Waals surface area contributed by atoms with E-state index in [4.69, 9.17) is 46.4 Å². The maximum absolute atomic E-state index is 12.4. The Morgan fingerprint density at radius 2 is 1.73 bits per heavy atom. The van der Waals surface area contributed by atoms with E-state index in [0.717, 1.165) is 5.56 Å². The van der Waals surface area contributed by atoms with E-state index in [9.17, 15) is 4.79 Å². The van der Waals surface area contributed by atoms with Gasteiger partial charge >= 0.3 is 0 Å². The zero-order valence-corrected chi connectivity index (χ0v) is 14.2. The molecular formula is C16H11Cl4NO. The van der Waals surface area contributed by atoms with Gasteiger partial charge in [-0.05, 0) is 23.8 Å². The molecule has 0 bridgehead atoms. The number of hydrogen-bond donors (Lipinski definition) is 1. The molecule has 0 aliphatic heterocycles. The van der Waals surface area contributed by atoms with Crippen molar-refractivity contribution < 1.29 is 4.79 Å². The largest absolute Gasteiger partial charge is 0.324 e. The Labute approximate surface area is 148 Å². The summed E-state index contributed by atoms with van der Waals surface area (Å²) in [7, 11) is 0. The van der Waals surface area contributed by atoms with Crippen molar-refractivity contribution in [3.05, 3.63) is 64.1 Å². The number of nitrogens with one attached hydrogen (secondary N) is 1. The average molecular weight is 375 g/mol. The van der Waals surface area contributed by atoms with Crippen molar-refractivity contribution in [2.45, 2.75) is 10.3 Å². The fourth-order valence-corrected chi connectivity index (χ4v) is 3.81. The highest BCUT2D eigenvalue weighted by Crippen LogP contribution is 2.65. The van der Waals surface area contributed by atoms with Crippen molar-refractivity contribution in [3.63, 3.8) is 0 Å². The molecule has 1 aliphatic rings. The number of carbonyl (C=O) groups excluding carboxylic acids is 1. The van der Waals surface area contributed by atoms with Crippen LogP contribution in [-0.2, 0) is 4.79 Å². The smallest absolute Gasteiger partial charge is 0.231 e. The van der Waals surface area contributed by atoms with Crippen LogP contribution >= 0.6 is 46.4 Å². The summed E-state index contributed by atoms with van der Waals surface area (Å²) in [6.07, 6.45) is 0. The highest BCUT2D eigenvalue weighted by molar-refractivity contribution is 6.53. The third-order valence-corrected chi connectivity index (χ3v) is 5.17. The predicted molar refractivity (Wildman–Crippen MR) is 92.2 cm³/mol. The SMILES string of the molecule is O=C(Nc1ccc(Cl)cc1Cl)C1C(c2ccccc2)C1(Cl)Cl. The van der Waals surface area contributed by atoms with Crippen molar-refractivity contribution in [1.29, 1.82) is 0 Å². The van der Waals surface area contributed by atoms with Gasteiger partial charge in [-0.3, -0.25) is 4.79 Å². The zero-order valence-electron chi connectivity index (χ0n) is 11.2. The third kappa shape index (κ3) is 2.93. The van der Waals surface area contributed by atoms with E-state index >= 15 is 0 Å². The second kappa shape index (κ2) is 5.93. The van der Waals surface area contributed by atoms with Gasteiger partial charge in [0.05, 0.1) is 16.6 Å². The lowest BCUT2D eigenvalue weighted by Crippen LogP contribution is -2.17. The van der Waals surface area contributed by atoms with Crippen LogP contribution in [0.1, 0.15) is 11.5 Å². The van der Waals surface area contributed by atoms with Crippen molar-refractivity contribution in [2.75, 3.05) is 5.32 Å². The first-order valence-corrected chi connectivity index (χ1v) is 8.11. The fraction of sp³-hybridized carbons (Fsp3) is 0.188. The number of alkyl halides is 2. The first-order chi connectivity index (χ1) is 10.4. The molecule has 1 amide bonds. The van der Waals surface area contributed by atoms with Crippen LogP contribution in [0, 0.1) is 5.92 Å². The normalized spacial score (nSPS) is 22.2. The molecule has 2 unspecified atom stereocenters. The van der Waals surface area contributed by atoms with E-state index in [1.54, 1.807) is 18.2 Å². The molecular weight excluding hydrogens is 364 g/mol. The second-order valence-electron chi connectivity index (χ2n) is 5.15. The standard InChI is InChI=1S/C16H11Cl4NO/c17-10-6-7-12(11(18)8-10)21-15(22)14-13(16(14,19)20)9-4-2-1-3-5-9/h1-8,13-14H,(H,21,22). The van der Waals surface area contributed by atoms with Gasteiger partial charge in [-0.15, -0.1) is 23.2 Å². The van der Waals surface area contributed by atoms with Gasteiger partial charge in [-0.2, -0.15) is 0 Å². The molecule has 1 fully saturated rings. The van der Waals surface area contributed by atoms with Gasteiger partial charge in [-0.25, -0.2) is 0 Å². The van der Waals surface area contributed by atoms with E-state index < -0.39 is 10.3 Å². The van der Waals surface area contributed by atoms with E-state index in [2.05, 4.69) is 5.32 Å². The Balaban J connectivity index is 1.78. The molecule has 0 heterocycles. The molecule has 0 saturated heterocycles. The summed E-state index contributed by atoms with van der Waals surface area (Å²) in [5.74, 6) is -1.02. The van der Waals surface area contributed by atoms with Gasteiger partial charge in [0, 0.05) is 10.9 Å². The van der Waals surface area contributed by atoms with Crippen molar-refractivity contribution in [1.82, 2.24) is 0 Å². The number of benzene rings is 2. The molecule has 1 N–H and O–H groups in total. The van der Waals surface area contributed by atoms with Gasteiger partial charge in [0.25, 0.3) is 0 Å². The Morgan fingerprint density at radius 1 is 1.05 bits per heavy atom. The molecule has 3 rings (SSSR count). The molecule has 2 atom stereocenters. The zero-order chi connectivity index (χ0) is 15.9. The summed E-state index contributed by atoms with van der Waals surface area (Å²) in [4.78, 5) is 12.4. The molecule has 6 heteroatoms. The Kier molecular flexibility index (Phi) is 4.30. The molecule has 1 aliphatic carbocycles. The van der Waals surface area contributed by atoms with Crippen molar-refractivity contribution in [2.24, 2.45) is 5.92 Å². The summed E-state index contributed by atoms with van der Waals surface area (Å²) in [5.41, 5.74) is 1.42. The molecule has 114 valence electrons. The van der Waals surface area contributed by atoms with E-state index in [0.29, 0.717) is 15.7 Å². The number of rotatable bonds is 3. The summed E-state index contributed by atoms with van der Waals surface area (Å²) < 4.78 is -1.11.